The summed E-state index contributed by atoms with van der Waals surface area (Å²) in [5, 5.41) is 2.60. The van der Waals surface area contributed by atoms with Crippen LogP contribution in [0.1, 0.15) is 23.1 Å². The topological polar surface area (TPSA) is 12.5 Å². The van der Waals surface area contributed by atoms with Crippen LogP contribution in [0.25, 0.3) is 10.8 Å². The van der Waals surface area contributed by atoms with Crippen molar-refractivity contribution in [3.63, 3.8) is 0 Å². The van der Waals surface area contributed by atoms with Crippen LogP contribution in [0.2, 0.25) is 0 Å². The predicted molar refractivity (Wildman–Crippen MR) is 126 cm³/mol. The van der Waals surface area contributed by atoms with Crippen molar-refractivity contribution in [1.82, 2.24) is 4.90 Å². The molecule has 0 spiro atoms. The van der Waals surface area contributed by atoms with E-state index in [-0.39, 0.29) is 0 Å². The molecule has 30 heavy (non-hydrogen) atoms. The molecule has 0 saturated carbocycles. The monoisotopic (exact) mass is 395 g/mol. The molecule has 2 nitrogen and oxygen atoms in total. The van der Waals surface area contributed by atoms with E-state index in [1.807, 2.05) is 6.07 Å². The number of hydrogen-bond acceptors (Lipinski definition) is 2. The van der Waals surface area contributed by atoms with E-state index in [1.165, 1.54) is 27.5 Å². The average molecular weight is 396 g/mol. The van der Waals surface area contributed by atoms with Gasteiger partial charge in [-0.2, -0.15) is 0 Å². The number of fused-ring (bicyclic) bond motifs is 1. The van der Waals surface area contributed by atoms with Crippen LogP contribution >= 0.6 is 0 Å². The van der Waals surface area contributed by atoms with Crippen molar-refractivity contribution in [2.45, 2.75) is 25.9 Å². The van der Waals surface area contributed by atoms with Crippen LogP contribution in [0, 0.1) is 0 Å². The number of nitrogens with zero attached hydrogens (tertiary/aromatic N) is 1. The van der Waals surface area contributed by atoms with E-state index in [0.717, 1.165) is 38.2 Å². The summed E-state index contributed by atoms with van der Waals surface area (Å²) in [6.45, 7) is 2.91. The van der Waals surface area contributed by atoms with Crippen LogP contribution in [-0.2, 0) is 19.5 Å². The minimum Gasteiger partial charge on any atom is -0.497 e. The fraction of sp³-hybridized carbons (Fsp3) is 0.214. The summed E-state index contributed by atoms with van der Waals surface area (Å²) in [7, 11) is 1.73. The highest BCUT2D eigenvalue weighted by atomic mass is 16.5. The largest absolute Gasteiger partial charge is 0.497 e. The smallest absolute Gasteiger partial charge is 0.119 e. The summed E-state index contributed by atoms with van der Waals surface area (Å²) < 4.78 is 5.42. The maximum Gasteiger partial charge on any atom is 0.119 e. The summed E-state index contributed by atoms with van der Waals surface area (Å²) in [6.07, 6.45) is 2.24. The Morgan fingerprint density at radius 2 is 1.33 bits per heavy atom. The molecule has 0 aliphatic carbocycles. The molecule has 2 heteroatoms. The molecular formula is C28H29NO. The molecular weight excluding hydrogens is 366 g/mol. The lowest BCUT2D eigenvalue weighted by atomic mass is 10.1. The van der Waals surface area contributed by atoms with Crippen molar-refractivity contribution in [1.29, 1.82) is 0 Å². The van der Waals surface area contributed by atoms with Crippen molar-refractivity contribution < 1.29 is 4.74 Å². The van der Waals surface area contributed by atoms with Gasteiger partial charge in [0, 0.05) is 13.1 Å². The lowest BCUT2D eigenvalue weighted by Gasteiger charge is -2.23. The molecule has 0 aliphatic rings. The number of hydrogen-bond donors (Lipinski definition) is 0. The van der Waals surface area contributed by atoms with Gasteiger partial charge in [-0.05, 0) is 65.0 Å². The lowest BCUT2D eigenvalue weighted by Crippen LogP contribution is -2.24. The molecule has 4 aromatic carbocycles. The standard InChI is InChI=1S/C28H29NO/c1-30-28-15-7-11-24(20-28)21-29(18-8-12-23-9-3-2-4-10-23)22-25-16-17-26-13-5-6-14-27(26)19-25/h2-7,9-11,13-17,19-20H,8,12,18,21-22H2,1H3. The van der Waals surface area contributed by atoms with Gasteiger partial charge in [0.2, 0.25) is 0 Å². The fourth-order valence-corrected chi connectivity index (χ4v) is 3.99. The first-order valence-electron chi connectivity index (χ1n) is 10.7. The van der Waals surface area contributed by atoms with Gasteiger partial charge in [-0.15, -0.1) is 0 Å². The Bertz CT molecular complexity index is 1070. The second-order valence-corrected chi connectivity index (χ2v) is 7.83. The van der Waals surface area contributed by atoms with Gasteiger partial charge in [-0.3, -0.25) is 4.90 Å². The van der Waals surface area contributed by atoms with Crippen molar-refractivity contribution in [2.75, 3.05) is 13.7 Å². The van der Waals surface area contributed by atoms with E-state index in [0.29, 0.717) is 0 Å². The average Bonchev–Trinajstić information content (AvgIpc) is 2.80. The van der Waals surface area contributed by atoms with Crippen LogP contribution in [0.3, 0.4) is 0 Å². The Balaban J connectivity index is 1.48. The zero-order valence-electron chi connectivity index (χ0n) is 17.6. The van der Waals surface area contributed by atoms with Crippen molar-refractivity contribution >= 4 is 10.8 Å². The maximum absolute atomic E-state index is 5.42. The van der Waals surface area contributed by atoms with Crippen LogP contribution in [-0.4, -0.2) is 18.6 Å². The van der Waals surface area contributed by atoms with Crippen LogP contribution in [0.5, 0.6) is 5.75 Å². The Morgan fingerprint density at radius 1 is 0.633 bits per heavy atom. The summed E-state index contributed by atoms with van der Waals surface area (Å²) >= 11 is 0. The van der Waals surface area contributed by atoms with E-state index >= 15 is 0 Å². The molecule has 0 unspecified atom stereocenters. The van der Waals surface area contributed by atoms with Gasteiger partial charge in [-0.1, -0.05) is 78.9 Å². The zero-order chi connectivity index (χ0) is 20.6. The van der Waals surface area contributed by atoms with Crippen molar-refractivity contribution in [3.05, 3.63) is 114 Å². The predicted octanol–water partition coefficient (Wildman–Crippen LogP) is 6.48. The van der Waals surface area contributed by atoms with Gasteiger partial charge in [-0.25, -0.2) is 0 Å². The Labute approximate surface area is 179 Å². The zero-order valence-corrected chi connectivity index (χ0v) is 17.6. The molecule has 0 aliphatic heterocycles. The first kappa shape index (κ1) is 20.2. The second kappa shape index (κ2) is 10.1. The van der Waals surface area contributed by atoms with E-state index in [4.69, 9.17) is 4.74 Å². The number of methoxy groups -OCH3 is 1. The Morgan fingerprint density at radius 3 is 2.13 bits per heavy atom. The number of rotatable bonds is 9. The molecule has 0 atom stereocenters. The van der Waals surface area contributed by atoms with Gasteiger partial charge in [0.15, 0.2) is 0 Å². The number of ether oxygens (including phenoxy) is 1. The third-order valence-corrected chi connectivity index (χ3v) is 5.54. The first-order chi connectivity index (χ1) is 14.8. The highest BCUT2D eigenvalue weighted by Gasteiger charge is 2.09. The summed E-state index contributed by atoms with van der Waals surface area (Å²) in [6, 6.07) is 34.6. The van der Waals surface area contributed by atoms with Crippen molar-refractivity contribution in [3.8, 4) is 5.75 Å². The highest BCUT2D eigenvalue weighted by Crippen LogP contribution is 2.20. The Hall–Kier alpha value is -3.10. The summed E-state index contributed by atoms with van der Waals surface area (Å²) in [5.74, 6) is 0.919. The van der Waals surface area contributed by atoms with Crippen LogP contribution in [0.15, 0.2) is 97.1 Å². The lowest BCUT2D eigenvalue weighted by molar-refractivity contribution is 0.253. The van der Waals surface area contributed by atoms with Gasteiger partial charge in [0.05, 0.1) is 7.11 Å². The van der Waals surface area contributed by atoms with Gasteiger partial charge in [0.1, 0.15) is 5.75 Å². The third kappa shape index (κ3) is 5.49. The number of benzene rings is 4. The molecule has 0 amide bonds. The molecule has 0 N–H and O–H groups in total. The third-order valence-electron chi connectivity index (χ3n) is 5.54. The van der Waals surface area contributed by atoms with Gasteiger partial charge in [0.25, 0.3) is 0 Å². The normalized spacial score (nSPS) is 11.1. The quantitative estimate of drug-likeness (QED) is 0.321. The highest BCUT2D eigenvalue weighted by molar-refractivity contribution is 5.82. The van der Waals surface area contributed by atoms with Gasteiger partial charge < -0.3 is 4.74 Å². The van der Waals surface area contributed by atoms with Gasteiger partial charge >= 0.3 is 0 Å². The summed E-state index contributed by atoms with van der Waals surface area (Å²) in [5.41, 5.74) is 4.05. The SMILES string of the molecule is COc1cccc(CN(CCCc2ccccc2)Cc2ccc3ccccc3c2)c1. The molecule has 4 aromatic rings. The fourth-order valence-electron chi connectivity index (χ4n) is 3.99. The van der Waals surface area contributed by atoms with E-state index < -0.39 is 0 Å². The molecule has 0 aromatic heterocycles. The van der Waals surface area contributed by atoms with E-state index in [9.17, 15) is 0 Å². The molecule has 0 heterocycles. The molecule has 0 radical (unpaired) electrons. The molecule has 4 rings (SSSR count). The second-order valence-electron chi connectivity index (χ2n) is 7.83. The molecule has 0 saturated heterocycles. The molecule has 0 bridgehead atoms. The van der Waals surface area contributed by atoms with Crippen molar-refractivity contribution in [2.24, 2.45) is 0 Å². The molecule has 0 fully saturated rings. The minimum atomic E-state index is 0.915. The number of aryl methyl sites for hydroxylation is 1. The maximum atomic E-state index is 5.42. The first-order valence-corrected chi connectivity index (χ1v) is 10.7. The van der Waals surface area contributed by atoms with E-state index in [1.54, 1.807) is 7.11 Å². The minimum absolute atomic E-state index is 0.915. The van der Waals surface area contributed by atoms with Crippen LogP contribution < -0.4 is 4.74 Å². The summed E-state index contributed by atoms with van der Waals surface area (Å²) in [4.78, 5) is 2.54. The van der Waals surface area contributed by atoms with Crippen LogP contribution in [0.4, 0.5) is 0 Å². The molecule has 152 valence electrons. The van der Waals surface area contributed by atoms with E-state index in [2.05, 4.69) is 95.9 Å². The Kier molecular flexibility index (Phi) is 6.79.